The van der Waals surface area contributed by atoms with Gasteiger partial charge >= 0.3 is 6.09 Å². The van der Waals surface area contributed by atoms with E-state index in [-0.39, 0.29) is 18.0 Å². The summed E-state index contributed by atoms with van der Waals surface area (Å²) in [6.07, 6.45) is -0.598. The Kier molecular flexibility index (Phi) is 4.03. The summed E-state index contributed by atoms with van der Waals surface area (Å²) >= 11 is 0. The molecule has 0 saturated heterocycles. The minimum atomic E-state index is -0.598. The maximum atomic E-state index is 11.0. The van der Waals surface area contributed by atoms with Gasteiger partial charge in [0.15, 0.2) is 12.4 Å². The largest absolute Gasteiger partial charge is 0.441 e. The average Bonchev–Trinajstić information content (AvgIpc) is 1.97. The van der Waals surface area contributed by atoms with Gasteiger partial charge in [0.2, 0.25) is 0 Å². The number of carbonyl (C=O) groups is 1. The molecule has 0 aliphatic rings. The van der Waals surface area contributed by atoms with Crippen LogP contribution in [-0.4, -0.2) is 29.3 Å². The molecule has 0 radical (unpaired) electrons. The van der Waals surface area contributed by atoms with E-state index in [4.69, 9.17) is 10.9 Å². The smallest absolute Gasteiger partial charge is 0.407 e. The highest BCUT2D eigenvalue weighted by Crippen LogP contribution is 1.98. The summed E-state index contributed by atoms with van der Waals surface area (Å²) in [7, 11) is 0. The third-order valence-corrected chi connectivity index (χ3v) is 0.957. The van der Waals surface area contributed by atoms with Gasteiger partial charge in [0.25, 0.3) is 0 Å². The fourth-order valence-electron chi connectivity index (χ4n) is 0.511. The lowest BCUT2D eigenvalue weighted by Gasteiger charge is -2.19. The summed E-state index contributed by atoms with van der Waals surface area (Å²) in [5, 5.41) is 13.3. The first-order chi connectivity index (χ1) is 5.85. The number of amidine groups is 1. The van der Waals surface area contributed by atoms with Crippen molar-refractivity contribution in [2.75, 3.05) is 6.61 Å². The molecule has 4 N–H and O–H groups in total. The molecule has 0 aromatic heterocycles. The summed E-state index contributed by atoms with van der Waals surface area (Å²) in [5.41, 5.74) is 4.72. The van der Waals surface area contributed by atoms with Gasteiger partial charge in [-0.15, -0.1) is 0 Å². The van der Waals surface area contributed by atoms with Gasteiger partial charge in [-0.2, -0.15) is 0 Å². The van der Waals surface area contributed by atoms with Gasteiger partial charge in [-0.25, -0.2) is 4.79 Å². The Morgan fingerprint density at radius 1 is 1.62 bits per heavy atom. The highest BCUT2D eigenvalue weighted by molar-refractivity contribution is 5.83. The highest BCUT2D eigenvalue weighted by atomic mass is 16.6. The molecule has 76 valence electrons. The van der Waals surface area contributed by atoms with E-state index < -0.39 is 6.09 Å². The summed E-state index contributed by atoms with van der Waals surface area (Å²) in [4.78, 5) is 11.0. The van der Waals surface area contributed by atoms with Crippen LogP contribution in [0.5, 0.6) is 0 Å². The molecule has 0 fully saturated rings. The minimum absolute atomic E-state index is 0.149. The Morgan fingerprint density at radius 3 is 2.54 bits per heavy atom. The fourth-order valence-corrected chi connectivity index (χ4v) is 0.511. The summed E-state index contributed by atoms with van der Waals surface area (Å²) in [6, 6.07) is 0. The lowest BCUT2D eigenvalue weighted by Crippen LogP contribution is -2.41. The molecule has 0 heterocycles. The van der Waals surface area contributed by atoms with Crippen molar-refractivity contribution in [3.8, 4) is 0 Å². The van der Waals surface area contributed by atoms with Crippen LogP contribution in [0.15, 0.2) is 5.16 Å². The maximum Gasteiger partial charge on any atom is 0.407 e. The molecule has 0 bridgehead atoms. The molecule has 6 heteroatoms. The first kappa shape index (κ1) is 11.5. The van der Waals surface area contributed by atoms with Crippen molar-refractivity contribution in [3.63, 3.8) is 0 Å². The molecular formula is C7H15N3O3. The molecule has 0 saturated carbocycles. The molecule has 13 heavy (non-hydrogen) atoms. The Morgan fingerprint density at radius 2 is 2.15 bits per heavy atom. The second kappa shape index (κ2) is 4.54. The van der Waals surface area contributed by atoms with Crippen molar-refractivity contribution in [2.45, 2.75) is 26.3 Å². The topological polar surface area (TPSA) is 96.9 Å². The predicted octanol–water partition coefficient (Wildman–Crippen LogP) is 0.258. The normalized spacial score (nSPS) is 12.4. The zero-order chi connectivity index (χ0) is 10.5. The third kappa shape index (κ3) is 6.92. The number of nitrogens with two attached hydrogens (primary N) is 1. The number of nitrogens with zero attached hydrogens (tertiary/aromatic N) is 1. The minimum Gasteiger partial charge on any atom is -0.441 e. The first-order valence-electron chi connectivity index (χ1n) is 3.76. The van der Waals surface area contributed by atoms with Gasteiger partial charge in [-0.3, -0.25) is 0 Å². The van der Waals surface area contributed by atoms with Gasteiger partial charge in [0.1, 0.15) is 0 Å². The van der Waals surface area contributed by atoms with Gasteiger partial charge in [-0.1, -0.05) is 5.16 Å². The number of amides is 1. The lowest BCUT2D eigenvalue weighted by molar-refractivity contribution is 0.151. The molecule has 0 aliphatic carbocycles. The van der Waals surface area contributed by atoms with Crippen LogP contribution < -0.4 is 11.1 Å². The van der Waals surface area contributed by atoms with Crippen molar-refractivity contribution in [3.05, 3.63) is 0 Å². The van der Waals surface area contributed by atoms with Crippen LogP contribution in [0, 0.1) is 0 Å². The Hall–Kier alpha value is -1.46. The number of carbonyl (C=O) groups excluding carboxylic acids is 1. The zero-order valence-electron chi connectivity index (χ0n) is 8.00. The van der Waals surface area contributed by atoms with Crippen LogP contribution in [0.25, 0.3) is 0 Å². The number of alkyl carbamates (subject to hydrolysis) is 1. The third-order valence-electron chi connectivity index (χ3n) is 0.957. The average molecular weight is 189 g/mol. The summed E-state index contributed by atoms with van der Waals surface area (Å²) in [5.74, 6) is -0.149. The number of nitrogens with one attached hydrogen (secondary N) is 1. The molecule has 0 atom stereocenters. The lowest BCUT2D eigenvalue weighted by atomic mass is 10.1. The number of hydrogen-bond donors (Lipinski definition) is 3. The van der Waals surface area contributed by atoms with Crippen LogP contribution in [0.4, 0.5) is 4.79 Å². The van der Waals surface area contributed by atoms with Gasteiger partial charge in [-0.05, 0) is 20.8 Å². The Bertz CT molecular complexity index is 208. The molecule has 0 aromatic rings. The second-order valence-electron chi connectivity index (χ2n) is 3.54. The van der Waals surface area contributed by atoms with Gasteiger partial charge in [0, 0.05) is 5.54 Å². The first-order valence-corrected chi connectivity index (χ1v) is 3.76. The molecule has 0 aliphatic heterocycles. The second-order valence-corrected chi connectivity index (χ2v) is 3.54. The molecule has 0 spiro atoms. The molecule has 6 nitrogen and oxygen atoms in total. The fraction of sp³-hybridized carbons (Fsp3) is 0.714. The van der Waals surface area contributed by atoms with Gasteiger partial charge in [0.05, 0.1) is 0 Å². The zero-order valence-corrected chi connectivity index (χ0v) is 8.00. The summed E-state index contributed by atoms with van der Waals surface area (Å²) in [6.45, 7) is 5.23. The van der Waals surface area contributed by atoms with E-state index in [1.165, 1.54) is 0 Å². The SMILES string of the molecule is CC(C)(C)NC(=O)OC/C(N)=N/O. The van der Waals surface area contributed by atoms with Crippen molar-refractivity contribution >= 4 is 11.9 Å². The number of ether oxygens (including phenoxy) is 1. The molecule has 0 aromatic carbocycles. The van der Waals surface area contributed by atoms with Crippen molar-refractivity contribution in [2.24, 2.45) is 10.9 Å². The van der Waals surface area contributed by atoms with Crippen LogP contribution in [-0.2, 0) is 4.74 Å². The molecule has 0 unspecified atom stereocenters. The molecular weight excluding hydrogens is 174 g/mol. The molecule has 1 amide bonds. The standard InChI is InChI=1S/C7H15N3O3/c1-7(2,3)9-6(11)13-4-5(8)10-12/h12H,4H2,1-3H3,(H2,8,10)(H,9,11). The van der Waals surface area contributed by atoms with E-state index in [1.807, 2.05) is 20.8 Å². The number of hydrogen-bond acceptors (Lipinski definition) is 4. The van der Waals surface area contributed by atoms with E-state index >= 15 is 0 Å². The van der Waals surface area contributed by atoms with Crippen LogP contribution in [0.2, 0.25) is 0 Å². The Labute approximate surface area is 76.7 Å². The maximum absolute atomic E-state index is 11.0. The highest BCUT2D eigenvalue weighted by Gasteiger charge is 2.14. The van der Waals surface area contributed by atoms with Crippen molar-refractivity contribution in [1.29, 1.82) is 0 Å². The Balaban J connectivity index is 3.77. The van der Waals surface area contributed by atoms with Crippen LogP contribution >= 0.6 is 0 Å². The predicted molar refractivity (Wildman–Crippen MR) is 47.6 cm³/mol. The van der Waals surface area contributed by atoms with E-state index in [2.05, 4.69) is 15.2 Å². The van der Waals surface area contributed by atoms with E-state index in [9.17, 15) is 4.79 Å². The van der Waals surface area contributed by atoms with E-state index in [1.54, 1.807) is 0 Å². The number of oxime groups is 1. The van der Waals surface area contributed by atoms with E-state index in [0.29, 0.717) is 0 Å². The van der Waals surface area contributed by atoms with Crippen LogP contribution in [0.1, 0.15) is 20.8 Å². The molecule has 0 rings (SSSR count). The summed E-state index contributed by atoms with van der Waals surface area (Å²) < 4.78 is 4.60. The quantitative estimate of drug-likeness (QED) is 0.251. The number of rotatable bonds is 2. The van der Waals surface area contributed by atoms with Crippen molar-refractivity contribution < 1.29 is 14.7 Å². The van der Waals surface area contributed by atoms with Crippen molar-refractivity contribution in [1.82, 2.24) is 5.32 Å². The van der Waals surface area contributed by atoms with Crippen LogP contribution in [0.3, 0.4) is 0 Å². The van der Waals surface area contributed by atoms with E-state index in [0.717, 1.165) is 0 Å². The van der Waals surface area contributed by atoms with Gasteiger partial charge < -0.3 is 21.0 Å². The monoisotopic (exact) mass is 189 g/mol.